The zero-order chi connectivity index (χ0) is 13.3. The molecule has 0 bridgehead atoms. The van der Waals surface area contributed by atoms with Gasteiger partial charge in [-0.2, -0.15) is 0 Å². The lowest BCUT2D eigenvalue weighted by atomic mass is 9.90. The Hall–Kier alpha value is -0.770. The van der Waals surface area contributed by atoms with Crippen molar-refractivity contribution in [3.63, 3.8) is 0 Å². The molecule has 3 atom stereocenters. The number of aliphatic hydroxyl groups is 1. The van der Waals surface area contributed by atoms with Gasteiger partial charge in [0.1, 0.15) is 0 Å². The van der Waals surface area contributed by atoms with E-state index in [1.165, 1.54) is 0 Å². The number of aliphatic hydroxyl groups excluding tert-OH is 1. The Bertz CT molecular complexity index is 456. The van der Waals surface area contributed by atoms with Crippen LogP contribution in [0.2, 0.25) is 10.0 Å². The predicted octanol–water partition coefficient (Wildman–Crippen LogP) is 3.50. The number of halogens is 2. The van der Waals surface area contributed by atoms with Gasteiger partial charge < -0.3 is 9.94 Å². The van der Waals surface area contributed by atoms with E-state index in [0.29, 0.717) is 27.7 Å². The number of oxime groups is 1. The van der Waals surface area contributed by atoms with Crippen LogP contribution in [0.5, 0.6) is 0 Å². The summed E-state index contributed by atoms with van der Waals surface area (Å²) in [4.78, 5) is 5.32. The maximum absolute atomic E-state index is 9.87. The van der Waals surface area contributed by atoms with E-state index in [4.69, 9.17) is 28.0 Å². The second-order valence-corrected chi connectivity index (χ2v) is 5.22. The Balaban J connectivity index is 2.31. The van der Waals surface area contributed by atoms with Crippen LogP contribution >= 0.6 is 23.2 Å². The van der Waals surface area contributed by atoms with Gasteiger partial charge in [0.15, 0.2) is 6.10 Å². The lowest BCUT2D eigenvalue weighted by molar-refractivity contribution is -0.0341. The smallest absolute Gasteiger partial charge is 0.161 e. The van der Waals surface area contributed by atoms with Gasteiger partial charge in [-0.05, 0) is 18.6 Å². The molecule has 1 aliphatic heterocycles. The van der Waals surface area contributed by atoms with E-state index in [2.05, 4.69) is 5.16 Å². The zero-order valence-corrected chi connectivity index (χ0v) is 11.7. The van der Waals surface area contributed by atoms with Crippen LogP contribution in [0.3, 0.4) is 0 Å². The van der Waals surface area contributed by atoms with Gasteiger partial charge in [0.2, 0.25) is 0 Å². The second-order valence-electron chi connectivity index (χ2n) is 4.41. The van der Waals surface area contributed by atoms with Gasteiger partial charge in [0, 0.05) is 11.5 Å². The summed E-state index contributed by atoms with van der Waals surface area (Å²) in [5.41, 5.74) is 1.39. The van der Waals surface area contributed by atoms with Crippen molar-refractivity contribution in [1.29, 1.82) is 0 Å². The van der Waals surface area contributed by atoms with Crippen LogP contribution in [0, 0.1) is 5.92 Å². The molecule has 1 aromatic carbocycles. The Kier molecular flexibility index (Phi) is 4.15. The molecule has 5 heteroatoms. The standard InChI is InChI=1S/C13H15Cl2NO2/c1-3-10(17)13-7(2)12(16-18-13)11-8(14)5-4-6-9(11)15/h4-7,10,13,17H,3H2,1-2H3/t7-,10-,13-/m1/s1. The largest absolute Gasteiger partial charge is 0.389 e. The number of rotatable bonds is 3. The minimum atomic E-state index is -0.539. The zero-order valence-electron chi connectivity index (χ0n) is 10.2. The van der Waals surface area contributed by atoms with E-state index in [-0.39, 0.29) is 12.0 Å². The highest BCUT2D eigenvalue weighted by Crippen LogP contribution is 2.33. The Morgan fingerprint density at radius 2 is 2.00 bits per heavy atom. The molecule has 0 radical (unpaired) electrons. The molecule has 0 amide bonds. The summed E-state index contributed by atoms with van der Waals surface area (Å²) >= 11 is 12.3. The Labute approximate surface area is 116 Å². The molecule has 2 rings (SSSR count). The van der Waals surface area contributed by atoms with Crippen molar-refractivity contribution >= 4 is 28.9 Å². The van der Waals surface area contributed by atoms with Crippen LogP contribution in [0.15, 0.2) is 23.4 Å². The normalized spacial score (nSPS) is 24.6. The maximum atomic E-state index is 9.87. The lowest BCUT2D eigenvalue weighted by Crippen LogP contribution is -2.32. The van der Waals surface area contributed by atoms with Crippen LogP contribution in [0.4, 0.5) is 0 Å². The minimum Gasteiger partial charge on any atom is -0.389 e. The monoisotopic (exact) mass is 287 g/mol. The third kappa shape index (κ3) is 2.35. The molecule has 0 spiro atoms. The van der Waals surface area contributed by atoms with E-state index in [1.807, 2.05) is 13.8 Å². The fraction of sp³-hybridized carbons (Fsp3) is 0.462. The number of benzene rings is 1. The highest BCUT2D eigenvalue weighted by molar-refractivity contribution is 6.40. The number of nitrogens with zero attached hydrogens (tertiary/aromatic N) is 1. The van der Waals surface area contributed by atoms with Crippen molar-refractivity contribution in [2.24, 2.45) is 11.1 Å². The number of hydrogen-bond acceptors (Lipinski definition) is 3. The average Bonchev–Trinajstić information content (AvgIpc) is 2.71. The van der Waals surface area contributed by atoms with E-state index in [9.17, 15) is 5.11 Å². The molecular formula is C13H15Cl2NO2. The SMILES string of the molecule is CC[C@@H](O)[C@@H]1ON=C(c2c(Cl)cccc2Cl)[C@H]1C. The Morgan fingerprint density at radius 1 is 1.39 bits per heavy atom. The van der Waals surface area contributed by atoms with Gasteiger partial charge in [-0.3, -0.25) is 0 Å². The molecule has 0 fully saturated rings. The first kappa shape index (κ1) is 13.7. The van der Waals surface area contributed by atoms with Crippen molar-refractivity contribution in [1.82, 2.24) is 0 Å². The molecule has 3 nitrogen and oxygen atoms in total. The third-order valence-electron chi connectivity index (χ3n) is 3.21. The average molecular weight is 288 g/mol. The van der Waals surface area contributed by atoms with Crippen molar-refractivity contribution in [3.05, 3.63) is 33.8 Å². The molecule has 1 N–H and O–H groups in total. The molecule has 1 heterocycles. The van der Waals surface area contributed by atoms with Crippen molar-refractivity contribution in [2.75, 3.05) is 0 Å². The van der Waals surface area contributed by atoms with Gasteiger partial charge in [0.05, 0.1) is 21.9 Å². The molecule has 0 unspecified atom stereocenters. The van der Waals surface area contributed by atoms with Crippen LogP contribution in [0.1, 0.15) is 25.8 Å². The first-order valence-electron chi connectivity index (χ1n) is 5.92. The molecule has 1 aliphatic rings. The van der Waals surface area contributed by atoms with Gasteiger partial charge in [-0.15, -0.1) is 0 Å². The van der Waals surface area contributed by atoms with Crippen LogP contribution in [-0.2, 0) is 4.84 Å². The summed E-state index contributed by atoms with van der Waals surface area (Å²) in [6.45, 7) is 3.86. The summed E-state index contributed by atoms with van der Waals surface area (Å²) < 4.78 is 0. The highest BCUT2D eigenvalue weighted by atomic mass is 35.5. The van der Waals surface area contributed by atoms with Gasteiger partial charge >= 0.3 is 0 Å². The molecule has 0 aliphatic carbocycles. The van der Waals surface area contributed by atoms with E-state index in [1.54, 1.807) is 18.2 Å². The predicted molar refractivity (Wildman–Crippen MR) is 73.3 cm³/mol. The van der Waals surface area contributed by atoms with Gasteiger partial charge in [-0.25, -0.2) is 0 Å². The Morgan fingerprint density at radius 3 is 2.56 bits per heavy atom. The van der Waals surface area contributed by atoms with Gasteiger partial charge in [0.25, 0.3) is 0 Å². The summed E-state index contributed by atoms with van der Waals surface area (Å²) in [5, 5.41) is 15.0. The van der Waals surface area contributed by atoms with Crippen molar-refractivity contribution in [2.45, 2.75) is 32.5 Å². The number of hydrogen-bond donors (Lipinski definition) is 1. The molecule has 18 heavy (non-hydrogen) atoms. The summed E-state index contributed by atoms with van der Waals surface area (Å²) in [5.74, 6) is -0.0441. The van der Waals surface area contributed by atoms with Crippen molar-refractivity contribution in [3.8, 4) is 0 Å². The fourth-order valence-electron chi connectivity index (χ4n) is 2.10. The fourth-order valence-corrected chi connectivity index (χ4v) is 2.69. The summed E-state index contributed by atoms with van der Waals surface area (Å²) in [6.07, 6.45) is -0.256. The molecule has 98 valence electrons. The topological polar surface area (TPSA) is 41.8 Å². The van der Waals surface area contributed by atoms with E-state index >= 15 is 0 Å². The van der Waals surface area contributed by atoms with Gasteiger partial charge in [-0.1, -0.05) is 48.3 Å². The first-order chi connectivity index (χ1) is 8.56. The highest BCUT2D eigenvalue weighted by Gasteiger charge is 2.37. The summed E-state index contributed by atoms with van der Waals surface area (Å²) in [6, 6.07) is 5.32. The molecule has 1 aromatic rings. The molecule has 0 saturated heterocycles. The van der Waals surface area contributed by atoms with Crippen molar-refractivity contribution < 1.29 is 9.94 Å². The van der Waals surface area contributed by atoms with E-state index < -0.39 is 6.10 Å². The molecule has 0 saturated carbocycles. The van der Waals surface area contributed by atoms with E-state index in [0.717, 1.165) is 0 Å². The molecular weight excluding hydrogens is 273 g/mol. The second kappa shape index (κ2) is 5.47. The summed E-state index contributed by atoms with van der Waals surface area (Å²) in [7, 11) is 0. The third-order valence-corrected chi connectivity index (χ3v) is 3.84. The minimum absolute atomic E-state index is 0.0441. The van der Waals surface area contributed by atoms with Crippen LogP contribution < -0.4 is 0 Å². The quantitative estimate of drug-likeness (QED) is 0.924. The van der Waals surface area contributed by atoms with Crippen LogP contribution in [0.25, 0.3) is 0 Å². The van der Waals surface area contributed by atoms with Crippen LogP contribution in [-0.4, -0.2) is 23.0 Å². The first-order valence-corrected chi connectivity index (χ1v) is 6.68. The molecule has 0 aromatic heterocycles. The maximum Gasteiger partial charge on any atom is 0.161 e. The lowest BCUT2D eigenvalue weighted by Gasteiger charge is -2.19.